The zero-order chi connectivity index (χ0) is 25.2. The minimum absolute atomic E-state index is 0.0742. The SMILES string of the molecule is OC/C=C/c1ccc2c(c1)O[C@@H](CO)[C@H](c1ccc3c(c1)O[C@H](CO)[C@@H](c1ccc(O)c(O)c1)O3)O2. The van der Waals surface area contributed by atoms with E-state index in [9.17, 15) is 20.4 Å². The van der Waals surface area contributed by atoms with Gasteiger partial charge in [0.05, 0.1) is 19.8 Å². The van der Waals surface area contributed by atoms with Crippen LogP contribution < -0.4 is 18.9 Å². The van der Waals surface area contributed by atoms with Crippen molar-refractivity contribution in [2.24, 2.45) is 0 Å². The number of hydrogen-bond donors (Lipinski definition) is 5. The van der Waals surface area contributed by atoms with Crippen LogP contribution in [-0.2, 0) is 0 Å². The van der Waals surface area contributed by atoms with Gasteiger partial charge in [0.15, 0.2) is 58.9 Å². The Labute approximate surface area is 207 Å². The van der Waals surface area contributed by atoms with Gasteiger partial charge in [-0.25, -0.2) is 0 Å². The normalized spacial score (nSPS) is 22.5. The molecule has 0 fully saturated rings. The number of ether oxygens (including phenoxy) is 4. The number of hydrogen-bond acceptors (Lipinski definition) is 9. The average Bonchev–Trinajstić information content (AvgIpc) is 2.91. The number of phenols is 2. The first kappa shape index (κ1) is 23.8. The number of rotatable bonds is 6. The first-order valence-electron chi connectivity index (χ1n) is 11.5. The van der Waals surface area contributed by atoms with Crippen LogP contribution in [0.5, 0.6) is 34.5 Å². The van der Waals surface area contributed by atoms with Crippen LogP contribution in [0.4, 0.5) is 0 Å². The standard InChI is InChI=1S/C27H26O9/c28-9-1-2-15-3-7-20-22(10-15)33-25(14-30)27(35-20)17-5-8-21-23(12-17)34-24(13-29)26(36-21)16-4-6-18(31)19(32)11-16/h1-8,10-12,24-32H,9,13-14H2/b2-1+/t24-,25+,26-,27+/m1/s1. The fourth-order valence-corrected chi connectivity index (χ4v) is 4.32. The molecule has 2 heterocycles. The lowest BCUT2D eigenvalue weighted by molar-refractivity contribution is -0.0174. The number of aliphatic hydroxyl groups excluding tert-OH is 3. The van der Waals surface area contributed by atoms with Gasteiger partial charge in [-0.15, -0.1) is 0 Å². The van der Waals surface area contributed by atoms with E-state index in [0.717, 1.165) is 5.56 Å². The lowest BCUT2D eigenvalue weighted by Gasteiger charge is -2.36. The third-order valence-corrected chi connectivity index (χ3v) is 6.11. The molecule has 0 aliphatic carbocycles. The van der Waals surface area contributed by atoms with Gasteiger partial charge in [0, 0.05) is 11.1 Å². The van der Waals surface area contributed by atoms with Gasteiger partial charge in [-0.1, -0.05) is 30.4 Å². The van der Waals surface area contributed by atoms with Crippen molar-refractivity contribution in [1.29, 1.82) is 0 Å². The lowest BCUT2D eigenvalue weighted by atomic mass is 10.00. The number of fused-ring (bicyclic) bond motifs is 2. The van der Waals surface area contributed by atoms with Crippen molar-refractivity contribution in [1.82, 2.24) is 0 Å². The molecule has 9 nitrogen and oxygen atoms in total. The van der Waals surface area contributed by atoms with Crippen molar-refractivity contribution in [3.05, 3.63) is 77.4 Å². The van der Waals surface area contributed by atoms with Crippen LogP contribution in [0.25, 0.3) is 6.08 Å². The maximum atomic E-state index is 10.0. The number of phenolic OH excluding ortho intramolecular Hbond substituents is 2. The van der Waals surface area contributed by atoms with Crippen LogP contribution >= 0.6 is 0 Å². The Morgan fingerprint density at radius 1 is 0.611 bits per heavy atom. The van der Waals surface area contributed by atoms with Crippen LogP contribution in [0.3, 0.4) is 0 Å². The fraction of sp³-hybridized carbons (Fsp3) is 0.259. The maximum absolute atomic E-state index is 10.0. The smallest absolute Gasteiger partial charge is 0.163 e. The molecular formula is C27H26O9. The first-order chi connectivity index (χ1) is 17.5. The summed E-state index contributed by atoms with van der Waals surface area (Å²) in [4.78, 5) is 0. The molecular weight excluding hydrogens is 468 g/mol. The quantitative estimate of drug-likeness (QED) is 0.328. The summed E-state index contributed by atoms with van der Waals surface area (Å²) in [6, 6.07) is 14.9. The Hall–Kier alpha value is -3.92. The Morgan fingerprint density at radius 2 is 1.19 bits per heavy atom. The summed E-state index contributed by atoms with van der Waals surface area (Å²) < 4.78 is 24.3. The summed E-state index contributed by atoms with van der Waals surface area (Å²) >= 11 is 0. The van der Waals surface area contributed by atoms with Crippen molar-refractivity contribution >= 4 is 6.08 Å². The second-order valence-corrected chi connectivity index (χ2v) is 8.50. The van der Waals surface area contributed by atoms with E-state index in [1.807, 2.05) is 6.07 Å². The molecule has 9 heteroatoms. The van der Waals surface area contributed by atoms with Gasteiger partial charge < -0.3 is 44.5 Å². The highest BCUT2D eigenvalue weighted by molar-refractivity contribution is 5.57. The van der Waals surface area contributed by atoms with Gasteiger partial charge in [0.2, 0.25) is 0 Å². The van der Waals surface area contributed by atoms with Crippen LogP contribution in [-0.4, -0.2) is 57.6 Å². The first-order valence-corrected chi connectivity index (χ1v) is 11.5. The summed E-state index contributed by atoms with van der Waals surface area (Å²) in [5, 5.41) is 48.4. The van der Waals surface area contributed by atoms with Crippen molar-refractivity contribution in [2.75, 3.05) is 19.8 Å². The zero-order valence-electron chi connectivity index (χ0n) is 19.2. The monoisotopic (exact) mass is 494 g/mol. The Morgan fingerprint density at radius 3 is 1.81 bits per heavy atom. The van der Waals surface area contributed by atoms with E-state index in [1.165, 1.54) is 12.1 Å². The molecule has 188 valence electrons. The molecule has 0 saturated carbocycles. The predicted octanol–water partition coefficient (Wildman–Crippen LogP) is 2.85. The third kappa shape index (κ3) is 4.51. The van der Waals surface area contributed by atoms with Gasteiger partial charge in [0.25, 0.3) is 0 Å². The van der Waals surface area contributed by atoms with Gasteiger partial charge >= 0.3 is 0 Å². The van der Waals surface area contributed by atoms with Crippen molar-refractivity contribution in [3.63, 3.8) is 0 Å². The molecule has 0 unspecified atom stereocenters. The molecule has 5 rings (SSSR count). The van der Waals surface area contributed by atoms with E-state index in [-0.39, 0.29) is 31.3 Å². The van der Waals surface area contributed by atoms with Crippen LogP contribution in [0.1, 0.15) is 28.9 Å². The molecule has 0 amide bonds. The van der Waals surface area contributed by atoms with Gasteiger partial charge in [-0.3, -0.25) is 0 Å². The Kier molecular flexibility index (Phi) is 6.60. The molecule has 0 aromatic heterocycles. The highest BCUT2D eigenvalue weighted by Crippen LogP contribution is 2.45. The fourth-order valence-electron chi connectivity index (χ4n) is 4.32. The van der Waals surface area contributed by atoms with E-state index in [2.05, 4.69) is 0 Å². The largest absolute Gasteiger partial charge is 0.504 e. The van der Waals surface area contributed by atoms with Gasteiger partial charge in [0.1, 0.15) is 0 Å². The van der Waals surface area contributed by atoms with Crippen LogP contribution in [0, 0.1) is 0 Å². The summed E-state index contributed by atoms with van der Waals surface area (Å²) in [6.07, 6.45) is 0.587. The van der Waals surface area contributed by atoms with Gasteiger partial charge in [-0.2, -0.15) is 0 Å². The molecule has 0 radical (unpaired) electrons. The van der Waals surface area contributed by atoms with Crippen LogP contribution in [0.15, 0.2) is 60.7 Å². The summed E-state index contributed by atoms with van der Waals surface area (Å²) in [5.74, 6) is 1.27. The number of aromatic hydroxyl groups is 2. The molecule has 4 atom stereocenters. The Bertz CT molecular complexity index is 1270. The molecule has 0 spiro atoms. The summed E-state index contributed by atoms with van der Waals surface area (Å²) in [7, 11) is 0. The van der Waals surface area contributed by atoms with E-state index < -0.39 is 24.4 Å². The number of benzene rings is 3. The molecule has 3 aromatic rings. The number of aliphatic hydroxyl groups is 3. The highest BCUT2D eigenvalue weighted by atomic mass is 16.6. The summed E-state index contributed by atoms with van der Waals surface area (Å²) in [5.41, 5.74) is 2.05. The molecule has 2 aliphatic heterocycles. The zero-order valence-corrected chi connectivity index (χ0v) is 19.2. The third-order valence-electron chi connectivity index (χ3n) is 6.11. The van der Waals surface area contributed by atoms with E-state index in [0.29, 0.717) is 34.1 Å². The van der Waals surface area contributed by atoms with Crippen LogP contribution in [0.2, 0.25) is 0 Å². The molecule has 0 bridgehead atoms. The van der Waals surface area contributed by atoms with E-state index in [4.69, 9.17) is 24.1 Å². The highest BCUT2D eigenvalue weighted by Gasteiger charge is 2.36. The van der Waals surface area contributed by atoms with Gasteiger partial charge in [-0.05, 0) is 42.0 Å². The summed E-state index contributed by atoms with van der Waals surface area (Å²) in [6.45, 7) is -0.713. The second kappa shape index (κ2) is 9.98. The topological polar surface area (TPSA) is 138 Å². The van der Waals surface area contributed by atoms with E-state index >= 15 is 0 Å². The Balaban J connectivity index is 1.41. The van der Waals surface area contributed by atoms with Crippen molar-refractivity contribution in [3.8, 4) is 34.5 Å². The average molecular weight is 494 g/mol. The molecule has 36 heavy (non-hydrogen) atoms. The molecule has 5 N–H and O–H groups in total. The second-order valence-electron chi connectivity index (χ2n) is 8.50. The minimum Gasteiger partial charge on any atom is -0.504 e. The molecule has 0 saturated heterocycles. The van der Waals surface area contributed by atoms with Crippen molar-refractivity contribution < 1.29 is 44.5 Å². The molecule has 3 aromatic carbocycles. The maximum Gasteiger partial charge on any atom is 0.163 e. The van der Waals surface area contributed by atoms with E-state index in [1.54, 1.807) is 48.6 Å². The van der Waals surface area contributed by atoms with Crippen molar-refractivity contribution in [2.45, 2.75) is 24.4 Å². The minimum atomic E-state index is -0.764. The lowest BCUT2D eigenvalue weighted by Crippen LogP contribution is -2.37. The molecule has 2 aliphatic rings. The predicted molar refractivity (Wildman–Crippen MR) is 129 cm³/mol.